The molecule has 36 heavy (non-hydrogen) atoms. The molecular weight excluding hydrogens is 468 g/mol. The number of aromatic nitrogens is 2. The number of hydrogen-bond acceptors (Lipinski definition) is 7. The minimum Gasteiger partial charge on any atom is -0.476 e. The molecule has 4 rings (SSSR count). The molecule has 0 bridgehead atoms. The predicted octanol–water partition coefficient (Wildman–Crippen LogP) is 2.70. The Balaban J connectivity index is 1.72. The molecule has 1 aliphatic heterocycles. The van der Waals surface area contributed by atoms with Crippen LogP contribution in [0.5, 0.6) is 0 Å². The Hall–Kier alpha value is -5.03. The van der Waals surface area contributed by atoms with Gasteiger partial charge in [0.25, 0.3) is 11.5 Å². The maximum atomic E-state index is 13.1. The third kappa shape index (κ3) is 4.76. The summed E-state index contributed by atoms with van der Waals surface area (Å²) in [6, 6.07) is 16.9. The van der Waals surface area contributed by atoms with Gasteiger partial charge in [-0.1, -0.05) is 42.5 Å². The number of H-pyrrole nitrogens is 1. The summed E-state index contributed by atoms with van der Waals surface area (Å²) < 4.78 is 1.15. The molecule has 1 aromatic heterocycles. The van der Waals surface area contributed by atoms with E-state index in [2.05, 4.69) is 10.2 Å². The van der Waals surface area contributed by atoms with Gasteiger partial charge in [-0.25, -0.2) is 14.3 Å². The van der Waals surface area contributed by atoms with Gasteiger partial charge in [0.1, 0.15) is 0 Å². The molecule has 2 aromatic carbocycles. The Bertz CT molecular complexity index is 1450. The van der Waals surface area contributed by atoms with Crippen LogP contribution in [0.2, 0.25) is 0 Å². The number of hydrogen-bond donors (Lipinski definition) is 2. The molecule has 3 aromatic rings. The molecule has 0 saturated heterocycles. The van der Waals surface area contributed by atoms with Crippen molar-refractivity contribution in [2.75, 3.05) is 11.6 Å². The van der Waals surface area contributed by atoms with Gasteiger partial charge in [0.2, 0.25) is 0 Å². The SMILES string of the molecule is CCOOC(=O)c1[nH]n(-c2ccccc2)c(=O)c1C=CC=C1C(=O)N(c2ccccc2)N=C1C(=O)O. The lowest BCUT2D eigenvalue weighted by atomic mass is 10.1. The number of aromatic amines is 1. The highest BCUT2D eigenvalue weighted by atomic mass is 17.2. The first-order valence-electron chi connectivity index (χ1n) is 10.8. The van der Waals surface area contributed by atoms with E-state index in [1.54, 1.807) is 67.6 Å². The minimum atomic E-state index is -1.39. The van der Waals surface area contributed by atoms with Crippen LogP contribution in [0.1, 0.15) is 23.0 Å². The lowest BCUT2D eigenvalue weighted by molar-refractivity contribution is -0.237. The zero-order valence-corrected chi connectivity index (χ0v) is 19.0. The topological polar surface area (TPSA) is 143 Å². The van der Waals surface area contributed by atoms with Crippen LogP contribution in [0.3, 0.4) is 0 Å². The second-order valence-electron chi connectivity index (χ2n) is 7.30. The number of carboxylic acids is 1. The maximum absolute atomic E-state index is 13.1. The lowest BCUT2D eigenvalue weighted by Crippen LogP contribution is -2.22. The Kier molecular flexibility index (Phi) is 7.02. The molecule has 2 N–H and O–H groups in total. The highest BCUT2D eigenvalue weighted by molar-refractivity contribution is 6.52. The van der Waals surface area contributed by atoms with Gasteiger partial charge in [0.15, 0.2) is 11.4 Å². The van der Waals surface area contributed by atoms with E-state index in [9.17, 15) is 24.3 Å². The molecule has 0 atom stereocenters. The van der Waals surface area contributed by atoms with E-state index in [0.29, 0.717) is 11.4 Å². The van der Waals surface area contributed by atoms with Crippen molar-refractivity contribution in [1.82, 2.24) is 9.78 Å². The van der Waals surface area contributed by atoms with Gasteiger partial charge in [0, 0.05) is 0 Å². The van der Waals surface area contributed by atoms with E-state index in [1.807, 2.05) is 0 Å². The number of carbonyl (C=O) groups excluding carboxylic acids is 2. The van der Waals surface area contributed by atoms with Crippen LogP contribution < -0.4 is 10.6 Å². The normalized spacial score (nSPS) is 14.5. The van der Waals surface area contributed by atoms with Gasteiger partial charge in [-0.05, 0) is 43.3 Å². The number of hydrazone groups is 1. The quantitative estimate of drug-likeness (QED) is 0.282. The van der Waals surface area contributed by atoms with Crippen molar-refractivity contribution in [2.24, 2.45) is 5.10 Å². The summed E-state index contributed by atoms with van der Waals surface area (Å²) in [6.45, 7) is 1.72. The number of nitrogens with zero attached hydrogens (tertiary/aromatic N) is 3. The molecular formula is C25H20N4O7. The summed E-state index contributed by atoms with van der Waals surface area (Å²) in [5.41, 5.74) is -0.640. The fourth-order valence-electron chi connectivity index (χ4n) is 3.38. The van der Waals surface area contributed by atoms with Crippen molar-refractivity contribution < 1.29 is 29.3 Å². The van der Waals surface area contributed by atoms with E-state index in [0.717, 1.165) is 9.69 Å². The molecule has 182 valence electrons. The van der Waals surface area contributed by atoms with E-state index in [1.165, 1.54) is 18.2 Å². The van der Waals surface area contributed by atoms with Crippen LogP contribution in [0.4, 0.5) is 5.69 Å². The number of carbonyl (C=O) groups is 3. The van der Waals surface area contributed by atoms with Crippen molar-refractivity contribution in [2.45, 2.75) is 6.92 Å². The summed E-state index contributed by atoms with van der Waals surface area (Å²) in [7, 11) is 0. The Morgan fingerprint density at radius 2 is 1.67 bits per heavy atom. The maximum Gasteiger partial charge on any atom is 0.391 e. The van der Waals surface area contributed by atoms with Gasteiger partial charge < -0.3 is 5.11 Å². The lowest BCUT2D eigenvalue weighted by Gasteiger charge is -2.10. The third-order valence-corrected chi connectivity index (χ3v) is 5.00. The Morgan fingerprint density at radius 1 is 1.03 bits per heavy atom. The molecule has 1 aliphatic rings. The summed E-state index contributed by atoms with van der Waals surface area (Å²) >= 11 is 0. The number of aliphatic carboxylic acids is 1. The molecule has 0 radical (unpaired) electrons. The molecule has 11 heteroatoms. The van der Waals surface area contributed by atoms with Crippen LogP contribution in [0, 0.1) is 0 Å². The molecule has 0 fully saturated rings. The van der Waals surface area contributed by atoms with Gasteiger partial charge in [-0.2, -0.15) is 15.0 Å². The van der Waals surface area contributed by atoms with Crippen molar-refractivity contribution in [3.63, 3.8) is 0 Å². The molecule has 11 nitrogen and oxygen atoms in total. The van der Waals surface area contributed by atoms with Gasteiger partial charge >= 0.3 is 11.9 Å². The largest absolute Gasteiger partial charge is 0.476 e. The first-order chi connectivity index (χ1) is 17.4. The molecule has 0 spiro atoms. The van der Waals surface area contributed by atoms with Crippen molar-refractivity contribution in [1.29, 1.82) is 0 Å². The molecule has 2 heterocycles. The third-order valence-electron chi connectivity index (χ3n) is 5.00. The second-order valence-corrected chi connectivity index (χ2v) is 7.30. The Labute approximate surface area is 204 Å². The fraction of sp³-hybridized carbons (Fsp3) is 0.0800. The van der Waals surface area contributed by atoms with Crippen LogP contribution in [-0.2, 0) is 19.4 Å². The minimum absolute atomic E-state index is 0.0837. The highest BCUT2D eigenvalue weighted by Crippen LogP contribution is 2.23. The summed E-state index contributed by atoms with van der Waals surface area (Å²) in [6.07, 6.45) is 3.78. The van der Waals surface area contributed by atoms with Crippen LogP contribution in [0.25, 0.3) is 11.8 Å². The molecule has 1 amide bonds. The van der Waals surface area contributed by atoms with Crippen LogP contribution in [-0.4, -0.2) is 45.1 Å². The van der Waals surface area contributed by atoms with Gasteiger partial charge in [-0.15, -0.1) is 0 Å². The monoisotopic (exact) mass is 488 g/mol. The fourth-order valence-corrected chi connectivity index (χ4v) is 3.38. The molecule has 0 unspecified atom stereocenters. The van der Waals surface area contributed by atoms with E-state index >= 15 is 0 Å². The van der Waals surface area contributed by atoms with E-state index in [-0.39, 0.29) is 23.4 Å². The van der Waals surface area contributed by atoms with Crippen molar-refractivity contribution in [3.8, 4) is 5.69 Å². The zero-order valence-electron chi connectivity index (χ0n) is 19.0. The first kappa shape index (κ1) is 24.1. The van der Waals surface area contributed by atoms with Crippen LogP contribution in [0.15, 0.2) is 88.3 Å². The number of carboxylic acid groups (broad SMARTS) is 1. The second kappa shape index (κ2) is 10.5. The van der Waals surface area contributed by atoms with E-state index in [4.69, 9.17) is 9.78 Å². The average Bonchev–Trinajstić information content (AvgIpc) is 3.40. The number of anilines is 1. The van der Waals surface area contributed by atoms with Crippen molar-refractivity contribution >= 4 is 35.3 Å². The number of nitrogens with one attached hydrogen (secondary N) is 1. The first-order valence-corrected chi connectivity index (χ1v) is 10.8. The number of benzene rings is 2. The Morgan fingerprint density at radius 3 is 2.28 bits per heavy atom. The molecule has 0 aliphatic carbocycles. The number of rotatable bonds is 8. The predicted molar refractivity (Wildman–Crippen MR) is 130 cm³/mol. The average molecular weight is 488 g/mol. The van der Waals surface area contributed by atoms with Crippen molar-refractivity contribution in [3.05, 3.63) is 100.0 Å². The zero-order chi connectivity index (χ0) is 25.7. The number of allylic oxidation sites excluding steroid dienone is 2. The molecule has 0 saturated carbocycles. The standard InChI is InChI=1S/C25H20N4O7/c1-2-35-36-25(34)21-19(23(31)29(27-21)17-12-7-4-8-13-17)15-9-14-18-20(24(32)33)26-28(22(18)30)16-10-5-3-6-11-16/h3-15,27H,2H2,1H3,(H,32,33). The summed E-state index contributed by atoms with van der Waals surface area (Å²) in [4.78, 5) is 59.6. The number of amides is 1. The van der Waals surface area contributed by atoms with Crippen LogP contribution >= 0.6 is 0 Å². The highest BCUT2D eigenvalue weighted by Gasteiger charge is 2.34. The van der Waals surface area contributed by atoms with E-state index < -0.39 is 29.1 Å². The van der Waals surface area contributed by atoms with Gasteiger partial charge in [-0.3, -0.25) is 19.6 Å². The summed E-state index contributed by atoms with van der Waals surface area (Å²) in [5, 5.41) is 17.2. The smallest absolute Gasteiger partial charge is 0.391 e. The number of para-hydroxylation sites is 2. The van der Waals surface area contributed by atoms with Gasteiger partial charge in [0.05, 0.1) is 29.1 Å². The summed E-state index contributed by atoms with van der Waals surface area (Å²) in [5.74, 6) is -2.98.